The number of carbonyl (C=O) groups is 2. The summed E-state index contributed by atoms with van der Waals surface area (Å²) in [7, 11) is -3.02. The van der Waals surface area contributed by atoms with E-state index in [0.717, 1.165) is 18.4 Å². The Bertz CT molecular complexity index is 713. The number of rotatable bonds is 7. The number of anilines is 1. The SMILES string of the molecule is CCCCN(C(=O)Cc1ccc(NC(C)=O)cc1)C1CCS(=O)(=O)C1. The van der Waals surface area contributed by atoms with E-state index in [1.165, 1.54) is 6.92 Å². The zero-order valence-electron chi connectivity index (χ0n) is 14.8. The highest BCUT2D eigenvalue weighted by Gasteiger charge is 2.34. The van der Waals surface area contributed by atoms with Crippen LogP contribution in [-0.4, -0.2) is 49.2 Å². The number of carbonyl (C=O) groups excluding carboxylic acids is 2. The molecule has 1 N–H and O–H groups in total. The van der Waals surface area contributed by atoms with Crippen LogP contribution in [0.5, 0.6) is 0 Å². The Balaban J connectivity index is 2.04. The lowest BCUT2D eigenvalue weighted by atomic mass is 10.1. The van der Waals surface area contributed by atoms with Gasteiger partial charge in [-0.15, -0.1) is 0 Å². The summed E-state index contributed by atoms with van der Waals surface area (Å²) in [5.41, 5.74) is 1.54. The topological polar surface area (TPSA) is 83.6 Å². The summed E-state index contributed by atoms with van der Waals surface area (Å²) in [6.45, 7) is 4.09. The summed E-state index contributed by atoms with van der Waals surface area (Å²) in [5.74, 6) is 0.0583. The monoisotopic (exact) mass is 366 g/mol. The van der Waals surface area contributed by atoms with Crippen LogP contribution in [0.1, 0.15) is 38.7 Å². The van der Waals surface area contributed by atoms with Crippen molar-refractivity contribution in [1.82, 2.24) is 4.90 Å². The van der Waals surface area contributed by atoms with E-state index >= 15 is 0 Å². The molecule has 1 aromatic carbocycles. The third-order valence-electron chi connectivity index (χ3n) is 4.35. The number of nitrogens with one attached hydrogen (secondary N) is 1. The second-order valence-electron chi connectivity index (χ2n) is 6.55. The average Bonchev–Trinajstić information content (AvgIpc) is 2.89. The Morgan fingerprint density at radius 1 is 1.24 bits per heavy atom. The highest BCUT2D eigenvalue weighted by atomic mass is 32.2. The predicted octanol–water partition coefficient (Wildman–Crippen LogP) is 2.00. The Morgan fingerprint density at radius 3 is 2.44 bits per heavy atom. The van der Waals surface area contributed by atoms with E-state index in [1.807, 2.05) is 12.1 Å². The fourth-order valence-electron chi connectivity index (χ4n) is 3.05. The van der Waals surface area contributed by atoms with Crippen molar-refractivity contribution >= 4 is 27.3 Å². The molecule has 138 valence electrons. The van der Waals surface area contributed by atoms with Gasteiger partial charge in [-0.2, -0.15) is 0 Å². The number of sulfone groups is 1. The first-order valence-electron chi connectivity index (χ1n) is 8.67. The molecule has 25 heavy (non-hydrogen) atoms. The lowest BCUT2D eigenvalue weighted by molar-refractivity contribution is -0.132. The molecular weight excluding hydrogens is 340 g/mol. The van der Waals surface area contributed by atoms with E-state index in [1.54, 1.807) is 17.0 Å². The van der Waals surface area contributed by atoms with Gasteiger partial charge in [0.2, 0.25) is 11.8 Å². The molecule has 6 nitrogen and oxygen atoms in total. The second-order valence-corrected chi connectivity index (χ2v) is 8.78. The fourth-order valence-corrected chi connectivity index (χ4v) is 4.78. The molecule has 2 amide bonds. The Kier molecular flexibility index (Phi) is 6.58. The lowest BCUT2D eigenvalue weighted by Crippen LogP contribution is -2.42. The van der Waals surface area contributed by atoms with Crippen LogP contribution in [0.4, 0.5) is 5.69 Å². The summed E-state index contributed by atoms with van der Waals surface area (Å²) in [5, 5.41) is 2.69. The van der Waals surface area contributed by atoms with Crippen LogP contribution in [0.3, 0.4) is 0 Å². The van der Waals surface area contributed by atoms with Crippen molar-refractivity contribution in [3.63, 3.8) is 0 Å². The van der Waals surface area contributed by atoms with Gasteiger partial charge in [-0.05, 0) is 30.5 Å². The highest BCUT2D eigenvalue weighted by Crippen LogP contribution is 2.20. The third kappa shape index (κ3) is 5.85. The number of amides is 2. The molecule has 0 aliphatic carbocycles. The molecule has 0 radical (unpaired) electrons. The van der Waals surface area contributed by atoms with Crippen LogP contribution >= 0.6 is 0 Å². The lowest BCUT2D eigenvalue weighted by Gasteiger charge is -2.28. The standard InChI is InChI=1S/C18H26N2O4S/c1-3-4-10-20(17-9-11-25(23,24)13-17)18(22)12-15-5-7-16(8-6-15)19-14(2)21/h5-8,17H,3-4,9-13H2,1-2H3,(H,19,21). The van der Waals surface area contributed by atoms with Crippen molar-refractivity contribution in [2.45, 2.75) is 45.6 Å². The maximum atomic E-state index is 12.7. The van der Waals surface area contributed by atoms with Gasteiger partial charge in [0.25, 0.3) is 0 Å². The molecule has 0 aromatic heterocycles. The molecule has 1 heterocycles. The maximum absolute atomic E-state index is 12.7. The first-order valence-corrected chi connectivity index (χ1v) is 10.5. The first-order chi connectivity index (χ1) is 11.8. The van der Waals surface area contributed by atoms with Gasteiger partial charge in [0.1, 0.15) is 0 Å². The van der Waals surface area contributed by atoms with Gasteiger partial charge in [0.15, 0.2) is 9.84 Å². The van der Waals surface area contributed by atoms with E-state index in [4.69, 9.17) is 0 Å². The smallest absolute Gasteiger partial charge is 0.227 e. The van der Waals surface area contributed by atoms with Crippen LogP contribution < -0.4 is 5.32 Å². The molecule has 1 unspecified atom stereocenters. The van der Waals surface area contributed by atoms with Gasteiger partial charge in [-0.25, -0.2) is 8.42 Å². The van der Waals surface area contributed by atoms with E-state index in [2.05, 4.69) is 12.2 Å². The summed E-state index contributed by atoms with van der Waals surface area (Å²) in [4.78, 5) is 25.5. The minimum atomic E-state index is -3.02. The van der Waals surface area contributed by atoms with Gasteiger partial charge in [0.05, 0.1) is 17.9 Å². The molecule has 1 atom stereocenters. The Morgan fingerprint density at radius 2 is 1.92 bits per heavy atom. The van der Waals surface area contributed by atoms with Crippen molar-refractivity contribution in [2.24, 2.45) is 0 Å². The average molecular weight is 366 g/mol. The fraction of sp³-hybridized carbons (Fsp3) is 0.556. The molecule has 7 heteroatoms. The van der Waals surface area contributed by atoms with Gasteiger partial charge < -0.3 is 10.2 Å². The Hall–Kier alpha value is -1.89. The number of hydrogen-bond acceptors (Lipinski definition) is 4. The summed E-state index contributed by atoms with van der Waals surface area (Å²) in [6.07, 6.45) is 2.58. The number of benzene rings is 1. The number of unbranched alkanes of at least 4 members (excludes halogenated alkanes) is 1. The van der Waals surface area contributed by atoms with Crippen LogP contribution in [0, 0.1) is 0 Å². The molecule has 0 bridgehead atoms. The normalized spacial score (nSPS) is 18.7. The van der Waals surface area contributed by atoms with E-state index < -0.39 is 9.84 Å². The van der Waals surface area contributed by atoms with E-state index in [0.29, 0.717) is 18.7 Å². The molecule has 1 saturated heterocycles. The van der Waals surface area contributed by atoms with Crippen molar-refractivity contribution in [1.29, 1.82) is 0 Å². The molecular formula is C18H26N2O4S. The van der Waals surface area contributed by atoms with Crippen molar-refractivity contribution in [3.05, 3.63) is 29.8 Å². The number of nitrogens with zero attached hydrogens (tertiary/aromatic N) is 1. The summed E-state index contributed by atoms with van der Waals surface area (Å²) in [6, 6.07) is 6.95. The van der Waals surface area contributed by atoms with Crippen molar-refractivity contribution in [3.8, 4) is 0 Å². The minimum Gasteiger partial charge on any atom is -0.338 e. The van der Waals surface area contributed by atoms with Crippen molar-refractivity contribution in [2.75, 3.05) is 23.4 Å². The maximum Gasteiger partial charge on any atom is 0.227 e. The minimum absolute atomic E-state index is 0.0390. The largest absolute Gasteiger partial charge is 0.338 e. The van der Waals surface area contributed by atoms with Crippen LogP contribution in [0.15, 0.2) is 24.3 Å². The molecule has 2 rings (SSSR count). The van der Waals surface area contributed by atoms with E-state index in [9.17, 15) is 18.0 Å². The molecule has 1 aliphatic heterocycles. The zero-order valence-corrected chi connectivity index (χ0v) is 15.6. The molecule has 0 spiro atoms. The van der Waals surface area contributed by atoms with E-state index in [-0.39, 0.29) is 35.8 Å². The zero-order chi connectivity index (χ0) is 18.4. The molecule has 0 saturated carbocycles. The third-order valence-corrected chi connectivity index (χ3v) is 6.10. The van der Waals surface area contributed by atoms with Gasteiger partial charge in [0, 0.05) is 25.2 Å². The second kappa shape index (κ2) is 8.47. The number of hydrogen-bond donors (Lipinski definition) is 1. The molecule has 1 aromatic rings. The van der Waals surface area contributed by atoms with Gasteiger partial charge >= 0.3 is 0 Å². The quantitative estimate of drug-likeness (QED) is 0.800. The van der Waals surface area contributed by atoms with Crippen LogP contribution in [0.25, 0.3) is 0 Å². The van der Waals surface area contributed by atoms with Gasteiger partial charge in [-0.3, -0.25) is 9.59 Å². The summed E-state index contributed by atoms with van der Waals surface area (Å²) < 4.78 is 23.5. The first kappa shape index (κ1) is 19.4. The van der Waals surface area contributed by atoms with Crippen molar-refractivity contribution < 1.29 is 18.0 Å². The predicted molar refractivity (Wildman–Crippen MR) is 98.1 cm³/mol. The highest BCUT2D eigenvalue weighted by molar-refractivity contribution is 7.91. The Labute approximate surface area is 149 Å². The van der Waals surface area contributed by atoms with Crippen LogP contribution in [-0.2, 0) is 25.8 Å². The summed E-state index contributed by atoms with van der Waals surface area (Å²) >= 11 is 0. The van der Waals surface area contributed by atoms with Gasteiger partial charge in [-0.1, -0.05) is 25.5 Å². The molecule has 1 fully saturated rings. The van der Waals surface area contributed by atoms with Crippen LogP contribution in [0.2, 0.25) is 0 Å². The molecule has 1 aliphatic rings.